The van der Waals surface area contributed by atoms with Gasteiger partial charge in [0.25, 0.3) is 0 Å². The van der Waals surface area contributed by atoms with E-state index in [4.69, 9.17) is 14.2 Å². The predicted molar refractivity (Wildman–Crippen MR) is 82.8 cm³/mol. The summed E-state index contributed by atoms with van der Waals surface area (Å²) in [4.78, 5) is 12.3. The monoisotopic (exact) mass is 299 g/mol. The number of rotatable bonds is 4. The zero-order valence-electron chi connectivity index (χ0n) is 12.8. The van der Waals surface area contributed by atoms with Crippen LogP contribution in [-0.2, 0) is 6.54 Å². The van der Waals surface area contributed by atoms with Gasteiger partial charge in [-0.1, -0.05) is 0 Å². The molecule has 0 radical (unpaired) electrons. The molecule has 0 saturated carbocycles. The van der Waals surface area contributed by atoms with Gasteiger partial charge in [-0.3, -0.25) is 4.79 Å². The van der Waals surface area contributed by atoms with Crippen LogP contribution in [-0.4, -0.2) is 31.7 Å². The summed E-state index contributed by atoms with van der Waals surface area (Å²) in [6, 6.07) is 7.37. The number of hydrogen-bond donors (Lipinski definition) is 0. The Bertz CT molecular complexity index is 733. The van der Waals surface area contributed by atoms with E-state index in [-0.39, 0.29) is 5.78 Å². The van der Waals surface area contributed by atoms with Gasteiger partial charge in [-0.25, -0.2) is 0 Å². The number of methoxy groups -OCH3 is 3. The highest BCUT2D eigenvalue weighted by atomic mass is 16.5. The summed E-state index contributed by atoms with van der Waals surface area (Å²) >= 11 is 0. The summed E-state index contributed by atoms with van der Waals surface area (Å²) in [5, 5.41) is 0. The maximum atomic E-state index is 12.3. The highest BCUT2D eigenvalue weighted by Crippen LogP contribution is 2.39. The van der Waals surface area contributed by atoms with Crippen molar-refractivity contribution in [3.05, 3.63) is 47.3 Å². The molecule has 22 heavy (non-hydrogen) atoms. The van der Waals surface area contributed by atoms with Gasteiger partial charge in [0.2, 0.25) is 11.5 Å². The number of ketones is 1. The van der Waals surface area contributed by atoms with Gasteiger partial charge in [0.15, 0.2) is 11.5 Å². The number of benzene rings is 1. The fourth-order valence-electron chi connectivity index (χ4n) is 2.68. The lowest BCUT2D eigenvalue weighted by atomic mass is 10.1. The fraction of sp³-hybridized carbons (Fsp3) is 0.235. The maximum absolute atomic E-state index is 12.3. The lowest BCUT2D eigenvalue weighted by Crippen LogP contribution is -1.97. The van der Waals surface area contributed by atoms with E-state index >= 15 is 0 Å². The van der Waals surface area contributed by atoms with Crippen LogP contribution in [0, 0.1) is 0 Å². The van der Waals surface area contributed by atoms with E-state index in [9.17, 15) is 4.79 Å². The lowest BCUT2D eigenvalue weighted by molar-refractivity contribution is 0.103. The molecule has 0 amide bonds. The van der Waals surface area contributed by atoms with E-state index in [1.807, 2.05) is 41.1 Å². The topological polar surface area (TPSA) is 49.7 Å². The Hall–Kier alpha value is -2.69. The quantitative estimate of drug-likeness (QED) is 0.815. The van der Waals surface area contributed by atoms with Gasteiger partial charge < -0.3 is 18.8 Å². The van der Waals surface area contributed by atoms with Crippen LogP contribution in [0.25, 0.3) is 6.08 Å². The van der Waals surface area contributed by atoms with Gasteiger partial charge in [0, 0.05) is 11.8 Å². The van der Waals surface area contributed by atoms with E-state index in [1.165, 1.54) is 0 Å². The van der Waals surface area contributed by atoms with Crippen LogP contribution in [0.3, 0.4) is 0 Å². The number of ether oxygens (including phenoxy) is 3. The molecule has 0 aliphatic carbocycles. The van der Waals surface area contributed by atoms with Crippen LogP contribution in [0.5, 0.6) is 17.2 Å². The van der Waals surface area contributed by atoms with Crippen LogP contribution in [0.1, 0.15) is 16.1 Å². The Labute approximate surface area is 128 Å². The van der Waals surface area contributed by atoms with Crippen molar-refractivity contribution in [3.8, 4) is 17.2 Å². The molecule has 1 aliphatic rings. The minimum Gasteiger partial charge on any atom is -0.493 e. The first-order valence-electron chi connectivity index (χ1n) is 6.88. The Kier molecular flexibility index (Phi) is 3.63. The number of aromatic nitrogens is 1. The molecule has 2 aromatic rings. The minimum atomic E-state index is 0.0544. The van der Waals surface area contributed by atoms with Crippen molar-refractivity contribution in [2.24, 2.45) is 0 Å². The van der Waals surface area contributed by atoms with Crippen LogP contribution < -0.4 is 14.2 Å². The fourth-order valence-corrected chi connectivity index (χ4v) is 2.68. The SMILES string of the molecule is COc1cc(/C=C2\Cn3cccc3C2=O)cc(OC)c1OC. The number of allylic oxidation sites excluding steroid dienone is 1. The molecule has 3 rings (SSSR count). The van der Waals surface area contributed by atoms with Gasteiger partial charge >= 0.3 is 0 Å². The highest BCUT2D eigenvalue weighted by molar-refractivity contribution is 6.12. The molecule has 0 spiro atoms. The summed E-state index contributed by atoms with van der Waals surface area (Å²) in [6.07, 6.45) is 3.77. The number of fused-ring (bicyclic) bond motifs is 1. The van der Waals surface area contributed by atoms with Gasteiger partial charge in [-0.2, -0.15) is 0 Å². The van der Waals surface area contributed by atoms with E-state index in [0.717, 1.165) is 16.8 Å². The molecule has 0 N–H and O–H groups in total. The van der Waals surface area contributed by atoms with Crippen LogP contribution in [0.15, 0.2) is 36.0 Å². The first-order valence-corrected chi connectivity index (χ1v) is 6.88. The van der Waals surface area contributed by atoms with Crippen LogP contribution >= 0.6 is 0 Å². The molecule has 1 aliphatic heterocycles. The van der Waals surface area contributed by atoms with Gasteiger partial charge in [0.05, 0.1) is 33.6 Å². The van der Waals surface area contributed by atoms with E-state index in [1.54, 1.807) is 21.3 Å². The Balaban J connectivity index is 2.01. The first kappa shape index (κ1) is 14.3. The second-order valence-corrected chi connectivity index (χ2v) is 4.98. The van der Waals surface area contributed by atoms with Crippen molar-refractivity contribution in [2.75, 3.05) is 21.3 Å². The summed E-state index contributed by atoms with van der Waals surface area (Å²) in [7, 11) is 4.70. The number of nitrogens with zero attached hydrogens (tertiary/aromatic N) is 1. The van der Waals surface area contributed by atoms with E-state index in [0.29, 0.717) is 23.8 Å². The van der Waals surface area contributed by atoms with Crippen LogP contribution in [0.2, 0.25) is 0 Å². The number of carbonyl (C=O) groups excluding carboxylic acids is 1. The maximum Gasteiger partial charge on any atom is 0.207 e. The Morgan fingerprint density at radius 2 is 1.77 bits per heavy atom. The van der Waals surface area contributed by atoms with Gasteiger partial charge in [0.1, 0.15) is 0 Å². The second kappa shape index (κ2) is 5.60. The van der Waals surface area contributed by atoms with Crippen molar-refractivity contribution in [1.82, 2.24) is 4.57 Å². The third-order valence-corrected chi connectivity index (χ3v) is 3.72. The van der Waals surface area contributed by atoms with E-state index in [2.05, 4.69) is 0 Å². The third-order valence-electron chi connectivity index (χ3n) is 3.72. The Morgan fingerprint density at radius 3 is 2.32 bits per heavy atom. The summed E-state index contributed by atoms with van der Waals surface area (Å²) < 4.78 is 17.9. The number of carbonyl (C=O) groups is 1. The molecule has 0 fully saturated rings. The lowest BCUT2D eigenvalue weighted by Gasteiger charge is -2.13. The zero-order valence-corrected chi connectivity index (χ0v) is 12.8. The molecule has 1 aromatic heterocycles. The summed E-state index contributed by atoms with van der Waals surface area (Å²) in [6.45, 7) is 0.581. The zero-order chi connectivity index (χ0) is 15.7. The molecule has 0 unspecified atom stereocenters. The molecule has 2 heterocycles. The molecular formula is C17H17NO4. The van der Waals surface area contributed by atoms with Crippen molar-refractivity contribution in [2.45, 2.75) is 6.54 Å². The van der Waals surface area contributed by atoms with Crippen LogP contribution in [0.4, 0.5) is 0 Å². The smallest absolute Gasteiger partial charge is 0.207 e. The average molecular weight is 299 g/mol. The van der Waals surface area contributed by atoms with Crippen molar-refractivity contribution >= 4 is 11.9 Å². The van der Waals surface area contributed by atoms with Gasteiger partial charge in [-0.15, -0.1) is 0 Å². The number of Topliss-reactive ketones (excluding diaryl/α,β-unsaturated/α-hetero) is 1. The molecule has 5 nitrogen and oxygen atoms in total. The first-order chi connectivity index (χ1) is 10.7. The molecule has 0 atom stereocenters. The molecule has 0 saturated heterocycles. The molecule has 5 heteroatoms. The standard InChI is InChI=1S/C17H17NO4/c1-20-14-8-11(9-15(21-2)17(14)22-3)7-12-10-18-6-4-5-13(18)16(12)19/h4-9H,10H2,1-3H3/b12-7+. The molecule has 0 bridgehead atoms. The predicted octanol–water partition coefficient (Wildman–Crippen LogP) is 2.79. The van der Waals surface area contributed by atoms with E-state index < -0.39 is 0 Å². The van der Waals surface area contributed by atoms with Crippen molar-refractivity contribution in [1.29, 1.82) is 0 Å². The average Bonchev–Trinajstić information content (AvgIpc) is 3.10. The second-order valence-electron chi connectivity index (χ2n) is 4.98. The third kappa shape index (κ3) is 2.24. The van der Waals surface area contributed by atoms with Crippen molar-refractivity contribution < 1.29 is 19.0 Å². The molecule has 1 aromatic carbocycles. The van der Waals surface area contributed by atoms with Gasteiger partial charge in [-0.05, 0) is 35.9 Å². The number of hydrogen-bond acceptors (Lipinski definition) is 4. The van der Waals surface area contributed by atoms with Crippen molar-refractivity contribution in [3.63, 3.8) is 0 Å². The molecular weight excluding hydrogens is 282 g/mol. The Morgan fingerprint density at radius 1 is 1.09 bits per heavy atom. The summed E-state index contributed by atoms with van der Waals surface area (Å²) in [5.74, 6) is 1.73. The largest absolute Gasteiger partial charge is 0.493 e. The highest BCUT2D eigenvalue weighted by Gasteiger charge is 2.24. The minimum absolute atomic E-state index is 0.0544. The summed E-state index contributed by atoms with van der Waals surface area (Å²) in [5.41, 5.74) is 2.30. The normalized spacial score (nSPS) is 15.0. The molecule has 114 valence electrons.